The molecule has 0 spiro atoms. The Morgan fingerprint density at radius 3 is 2.37 bits per heavy atom. The molecule has 0 unspecified atom stereocenters. The molecule has 0 saturated carbocycles. The van der Waals surface area contributed by atoms with Gasteiger partial charge in [-0.15, -0.1) is 10.2 Å². The zero-order valence-electron chi connectivity index (χ0n) is 15.4. The van der Waals surface area contributed by atoms with Crippen molar-refractivity contribution in [3.05, 3.63) is 83.9 Å². The lowest BCUT2D eigenvalue weighted by atomic mass is 10.0. The molecular weight excluding hydrogens is 334 g/mol. The first kappa shape index (κ1) is 17.0. The van der Waals surface area contributed by atoms with Crippen molar-refractivity contribution in [3.63, 3.8) is 0 Å². The Kier molecular flexibility index (Phi) is 4.71. The van der Waals surface area contributed by atoms with Gasteiger partial charge in [-0.1, -0.05) is 60.2 Å². The topological polar surface area (TPSA) is 47.0 Å². The average Bonchev–Trinajstić information content (AvgIpc) is 2.72. The second-order valence-corrected chi connectivity index (χ2v) is 6.51. The van der Waals surface area contributed by atoms with Gasteiger partial charge in [0.05, 0.1) is 7.11 Å². The molecule has 0 radical (unpaired) electrons. The van der Waals surface area contributed by atoms with Crippen molar-refractivity contribution < 1.29 is 4.74 Å². The normalized spacial score (nSPS) is 10.7. The van der Waals surface area contributed by atoms with Crippen molar-refractivity contribution in [1.29, 1.82) is 0 Å². The van der Waals surface area contributed by atoms with Crippen molar-refractivity contribution in [3.8, 4) is 17.0 Å². The van der Waals surface area contributed by atoms with Gasteiger partial charge in [0.1, 0.15) is 11.4 Å². The predicted molar refractivity (Wildman–Crippen MR) is 110 cm³/mol. The fraction of sp³-hybridized carbons (Fsp3) is 0.130. The maximum atomic E-state index is 5.21. The van der Waals surface area contributed by atoms with E-state index in [1.165, 1.54) is 5.56 Å². The van der Waals surface area contributed by atoms with Gasteiger partial charge in [-0.25, -0.2) is 0 Å². The van der Waals surface area contributed by atoms with Crippen LogP contribution in [-0.4, -0.2) is 17.3 Å². The Bertz CT molecular complexity index is 1070. The van der Waals surface area contributed by atoms with E-state index in [1.54, 1.807) is 7.11 Å². The monoisotopic (exact) mass is 355 g/mol. The van der Waals surface area contributed by atoms with E-state index in [1.807, 2.05) is 36.4 Å². The van der Waals surface area contributed by atoms with Crippen molar-refractivity contribution in [2.45, 2.75) is 13.5 Å². The molecule has 4 rings (SSSR count). The van der Waals surface area contributed by atoms with Gasteiger partial charge in [0.15, 0.2) is 5.82 Å². The van der Waals surface area contributed by atoms with Gasteiger partial charge in [-0.2, -0.15) is 0 Å². The highest BCUT2D eigenvalue weighted by molar-refractivity contribution is 6.00. The molecule has 27 heavy (non-hydrogen) atoms. The van der Waals surface area contributed by atoms with Crippen LogP contribution in [0.15, 0.2) is 72.8 Å². The summed E-state index contributed by atoms with van der Waals surface area (Å²) in [4.78, 5) is 0. The summed E-state index contributed by atoms with van der Waals surface area (Å²) < 4.78 is 5.21. The number of rotatable bonds is 5. The molecule has 0 fully saturated rings. The highest BCUT2D eigenvalue weighted by Gasteiger charge is 2.11. The summed E-state index contributed by atoms with van der Waals surface area (Å²) in [6.07, 6.45) is 0. The van der Waals surface area contributed by atoms with E-state index in [-0.39, 0.29) is 0 Å². The SMILES string of the molecule is COc1ccc(CNc2nnc(-c3cccc(C)c3)c3ccccc23)cc1. The van der Waals surface area contributed by atoms with Crippen LogP contribution < -0.4 is 10.1 Å². The van der Waals surface area contributed by atoms with Crippen LogP contribution in [0.25, 0.3) is 22.0 Å². The fourth-order valence-corrected chi connectivity index (χ4v) is 3.17. The molecule has 0 atom stereocenters. The third kappa shape index (κ3) is 3.60. The van der Waals surface area contributed by atoms with E-state index in [0.29, 0.717) is 6.54 Å². The lowest BCUT2D eigenvalue weighted by molar-refractivity contribution is 0.414. The average molecular weight is 355 g/mol. The quantitative estimate of drug-likeness (QED) is 0.533. The number of nitrogens with zero attached hydrogens (tertiary/aromatic N) is 2. The molecule has 1 aromatic heterocycles. The third-order valence-electron chi connectivity index (χ3n) is 4.60. The standard InChI is InChI=1S/C23H21N3O/c1-16-6-5-7-18(14-16)22-20-8-3-4-9-21(20)23(26-25-22)24-15-17-10-12-19(27-2)13-11-17/h3-14H,15H2,1-2H3,(H,24,26). The number of hydrogen-bond donors (Lipinski definition) is 1. The maximum absolute atomic E-state index is 5.21. The van der Waals surface area contributed by atoms with Crippen LogP contribution in [0, 0.1) is 6.92 Å². The highest BCUT2D eigenvalue weighted by Crippen LogP contribution is 2.30. The Hall–Kier alpha value is -3.40. The number of aryl methyl sites for hydroxylation is 1. The Labute approximate surface area is 158 Å². The Morgan fingerprint density at radius 2 is 1.63 bits per heavy atom. The summed E-state index contributed by atoms with van der Waals surface area (Å²) in [5.74, 6) is 1.64. The number of benzene rings is 3. The van der Waals surface area contributed by atoms with E-state index in [4.69, 9.17) is 4.74 Å². The highest BCUT2D eigenvalue weighted by atomic mass is 16.5. The van der Waals surface area contributed by atoms with Crippen LogP contribution in [0.4, 0.5) is 5.82 Å². The molecule has 4 nitrogen and oxygen atoms in total. The largest absolute Gasteiger partial charge is 0.497 e. The van der Waals surface area contributed by atoms with Gasteiger partial charge in [0.25, 0.3) is 0 Å². The lowest BCUT2D eigenvalue weighted by Crippen LogP contribution is -2.04. The molecule has 0 aliphatic carbocycles. The second kappa shape index (κ2) is 7.46. The van der Waals surface area contributed by atoms with Gasteiger partial charge in [0, 0.05) is 22.9 Å². The molecule has 1 heterocycles. The van der Waals surface area contributed by atoms with Gasteiger partial charge in [-0.05, 0) is 30.7 Å². The number of aromatic nitrogens is 2. The molecule has 134 valence electrons. The number of ether oxygens (including phenoxy) is 1. The number of hydrogen-bond acceptors (Lipinski definition) is 4. The van der Waals surface area contributed by atoms with Gasteiger partial charge >= 0.3 is 0 Å². The van der Waals surface area contributed by atoms with Gasteiger partial charge < -0.3 is 10.1 Å². The van der Waals surface area contributed by atoms with Crippen molar-refractivity contribution in [1.82, 2.24) is 10.2 Å². The molecule has 0 bridgehead atoms. The van der Waals surface area contributed by atoms with Gasteiger partial charge in [0.2, 0.25) is 0 Å². The van der Waals surface area contributed by atoms with Crippen LogP contribution in [0.1, 0.15) is 11.1 Å². The van der Waals surface area contributed by atoms with Crippen molar-refractivity contribution in [2.24, 2.45) is 0 Å². The van der Waals surface area contributed by atoms with Gasteiger partial charge in [-0.3, -0.25) is 0 Å². The number of nitrogens with one attached hydrogen (secondary N) is 1. The lowest BCUT2D eigenvalue weighted by Gasteiger charge is -2.12. The smallest absolute Gasteiger partial charge is 0.156 e. The minimum Gasteiger partial charge on any atom is -0.497 e. The third-order valence-corrected chi connectivity index (χ3v) is 4.60. The molecular formula is C23H21N3O. The summed E-state index contributed by atoms with van der Waals surface area (Å²) in [6, 6.07) is 24.6. The first-order chi connectivity index (χ1) is 13.2. The van der Waals surface area contributed by atoms with Crippen LogP contribution in [0.2, 0.25) is 0 Å². The molecule has 0 aliphatic heterocycles. The van der Waals surface area contributed by atoms with E-state index in [0.717, 1.165) is 39.2 Å². The Morgan fingerprint density at radius 1 is 0.852 bits per heavy atom. The van der Waals surface area contributed by atoms with Crippen LogP contribution in [0.3, 0.4) is 0 Å². The Balaban J connectivity index is 1.67. The fourth-order valence-electron chi connectivity index (χ4n) is 3.17. The minimum atomic E-state index is 0.673. The summed E-state index contributed by atoms with van der Waals surface area (Å²) in [5.41, 5.74) is 4.36. The van der Waals surface area contributed by atoms with Crippen LogP contribution in [0.5, 0.6) is 5.75 Å². The van der Waals surface area contributed by atoms with Crippen molar-refractivity contribution in [2.75, 3.05) is 12.4 Å². The van der Waals surface area contributed by atoms with E-state index in [9.17, 15) is 0 Å². The molecule has 4 aromatic rings. The molecule has 3 aromatic carbocycles. The molecule has 1 N–H and O–H groups in total. The second-order valence-electron chi connectivity index (χ2n) is 6.51. The number of anilines is 1. The zero-order chi connectivity index (χ0) is 18.6. The number of fused-ring (bicyclic) bond motifs is 1. The minimum absolute atomic E-state index is 0.673. The summed E-state index contributed by atoms with van der Waals surface area (Å²) in [7, 11) is 1.67. The van der Waals surface area contributed by atoms with Crippen LogP contribution >= 0.6 is 0 Å². The van der Waals surface area contributed by atoms with Crippen molar-refractivity contribution >= 4 is 16.6 Å². The molecule has 0 aliphatic rings. The number of methoxy groups -OCH3 is 1. The predicted octanol–water partition coefficient (Wildman–Crippen LogP) is 5.23. The van der Waals surface area contributed by atoms with Crippen LogP contribution in [-0.2, 0) is 6.54 Å². The summed E-state index contributed by atoms with van der Waals surface area (Å²) in [6.45, 7) is 2.76. The molecule has 4 heteroatoms. The first-order valence-electron chi connectivity index (χ1n) is 8.94. The summed E-state index contributed by atoms with van der Waals surface area (Å²) in [5, 5.41) is 14.6. The molecule has 0 amide bonds. The maximum Gasteiger partial charge on any atom is 0.156 e. The zero-order valence-corrected chi connectivity index (χ0v) is 15.4. The van der Waals surface area contributed by atoms with E-state index >= 15 is 0 Å². The van der Waals surface area contributed by atoms with E-state index in [2.05, 4.69) is 58.8 Å². The van der Waals surface area contributed by atoms with E-state index < -0.39 is 0 Å². The first-order valence-corrected chi connectivity index (χ1v) is 8.94. The summed E-state index contributed by atoms with van der Waals surface area (Å²) >= 11 is 0. The molecule has 0 saturated heterocycles.